The summed E-state index contributed by atoms with van der Waals surface area (Å²) >= 11 is 0. The van der Waals surface area contributed by atoms with Gasteiger partial charge in [0.05, 0.1) is 7.11 Å². The van der Waals surface area contributed by atoms with Gasteiger partial charge in [-0.1, -0.05) is 30.3 Å². The number of ether oxygens (including phenoxy) is 1. The summed E-state index contributed by atoms with van der Waals surface area (Å²) in [5.74, 6) is 0.111. The van der Waals surface area contributed by atoms with E-state index in [9.17, 15) is 9.59 Å². The quantitative estimate of drug-likeness (QED) is 0.687. The Balaban J connectivity index is 1.59. The summed E-state index contributed by atoms with van der Waals surface area (Å²) in [5.41, 5.74) is 4.10. The highest BCUT2D eigenvalue weighted by Gasteiger charge is 2.06. The summed E-state index contributed by atoms with van der Waals surface area (Å²) in [4.78, 5) is 28.3. The minimum atomic E-state index is -0.352. The molecule has 0 bridgehead atoms. The number of amides is 2. The number of methoxy groups -OCH3 is 1. The zero-order chi connectivity index (χ0) is 17.9. The van der Waals surface area contributed by atoms with E-state index >= 15 is 0 Å². The number of carbonyl (C=O) groups excluding carboxylic acids is 2. The van der Waals surface area contributed by atoms with Crippen LogP contribution < -0.4 is 15.5 Å². The molecule has 0 aromatic heterocycles. The van der Waals surface area contributed by atoms with Gasteiger partial charge in [-0.15, -0.1) is 0 Å². The monoisotopic (exact) mass is 342 g/mol. The largest absolute Gasteiger partial charge is 0.497 e. The summed E-state index contributed by atoms with van der Waals surface area (Å²) in [5, 5.41) is 2.66. The maximum absolute atomic E-state index is 11.7. The molecule has 6 heteroatoms. The van der Waals surface area contributed by atoms with Crippen molar-refractivity contribution >= 4 is 17.5 Å². The van der Waals surface area contributed by atoms with Crippen LogP contribution in [0.3, 0.4) is 0 Å². The van der Waals surface area contributed by atoms with E-state index in [1.807, 2.05) is 30.3 Å². The molecule has 132 valence electrons. The summed E-state index contributed by atoms with van der Waals surface area (Å²) in [6.07, 6.45) is 1.89. The molecule has 2 rings (SSSR count). The van der Waals surface area contributed by atoms with E-state index < -0.39 is 0 Å². The van der Waals surface area contributed by atoms with Gasteiger partial charge in [0, 0.05) is 12.1 Å². The number of rotatable bonds is 9. The molecule has 0 atom stereocenters. The van der Waals surface area contributed by atoms with Crippen molar-refractivity contribution in [1.29, 1.82) is 0 Å². The highest BCUT2D eigenvalue weighted by molar-refractivity contribution is 5.91. The lowest BCUT2D eigenvalue weighted by Gasteiger charge is -2.08. The third-order valence-corrected chi connectivity index (χ3v) is 3.48. The topological polar surface area (TPSA) is 76.7 Å². The normalized spacial score (nSPS) is 10.1. The zero-order valence-electron chi connectivity index (χ0n) is 14.2. The minimum Gasteiger partial charge on any atom is -0.497 e. The standard InChI is InChI=1S/C19H22N2O4/c1-24-17-12-10-16(11-13-17)20-19(23)14-25-21-18(22)9-5-8-15-6-3-2-4-7-15/h2-4,6-7,10-13H,5,8-9,14H2,1H3,(H,20,23)(H,21,22). The van der Waals surface area contributed by atoms with Crippen LogP contribution in [0.2, 0.25) is 0 Å². The molecule has 0 aliphatic rings. The molecule has 0 radical (unpaired) electrons. The SMILES string of the molecule is COc1ccc(NC(=O)CONC(=O)CCCc2ccccc2)cc1. The molecule has 25 heavy (non-hydrogen) atoms. The molecule has 6 nitrogen and oxygen atoms in total. The lowest BCUT2D eigenvalue weighted by atomic mass is 10.1. The van der Waals surface area contributed by atoms with E-state index in [1.165, 1.54) is 5.56 Å². The molecular formula is C19H22N2O4. The van der Waals surface area contributed by atoms with Crippen LogP contribution in [0.4, 0.5) is 5.69 Å². The van der Waals surface area contributed by atoms with Crippen LogP contribution >= 0.6 is 0 Å². The Kier molecular flexibility index (Phi) is 7.46. The number of nitrogens with one attached hydrogen (secondary N) is 2. The second-order valence-corrected chi connectivity index (χ2v) is 5.43. The predicted octanol–water partition coefficient (Wildman–Crippen LogP) is 2.70. The molecule has 2 amide bonds. The highest BCUT2D eigenvalue weighted by atomic mass is 16.7. The maximum atomic E-state index is 11.7. The van der Waals surface area contributed by atoms with Gasteiger partial charge in [0.15, 0.2) is 6.61 Å². The first-order valence-electron chi connectivity index (χ1n) is 8.06. The average Bonchev–Trinajstić information content (AvgIpc) is 2.63. The first-order chi connectivity index (χ1) is 12.2. The number of hydroxylamine groups is 1. The van der Waals surface area contributed by atoms with Crippen LogP contribution in [0.15, 0.2) is 54.6 Å². The van der Waals surface area contributed by atoms with Gasteiger partial charge in [0.2, 0.25) is 5.91 Å². The maximum Gasteiger partial charge on any atom is 0.253 e. The number of anilines is 1. The fraction of sp³-hybridized carbons (Fsp3) is 0.263. The molecule has 0 saturated heterocycles. The van der Waals surface area contributed by atoms with Gasteiger partial charge in [0.25, 0.3) is 5.91 Å². The smallest absolute Gasteiger partial charge is 0.253 e. The first-order valence-corrected chi connectivity index (χ1v) is 8.06. The average molecular weight is 342 g/mol. The van der Waals surface area contributed by atoms with Gasteiger partial charge in [-0.2, -0.15) is 0 Å². The van der Waals surface area contributed by atoms with E-state index in [0.717, 1.165) is 12.8 Å². The zero-order valence-corrected chi connectivity index (χ0v) is 14.2. The van der Waals surface area contributed by atoms with Gasteiger partial charge >= 0.3 is 0 Å². The molecule has 2 N–H and O–H groups in total. The lowest BCUT2D eigenvalue weighted by Crippen LogP contribution is -2.29. The molecule has 0 spiro atoms. The number of hydrogen-bond acceptors (Lipinski definition) is 4. The van der Waals surface area contributed by atoms with Crippen LogP contribution in [0.25, 0.3) is 0 Å². The lowest BCUT2D eigenvalue weighted by molar-refractivity contribution is -0.137. The van der Waals surface area contributed by atoms with Crippen molar-refractivity contribution in [3.05, 3.63) is 60.2 Å². The number of aryl methyl sites for hydroxylation is 1. The molecule has 2 aromatic carbocycles. The van der Waals surface area contributed by atoms with Crippen LogP contribution in [-0.2, 0) is 20.8 Å². The second-order valence-electron chi connectivity index (χ2n) is 5.43. The summed E-state index contributed by atoms with van der Waals surface area (Å²) in [7, 11) is 1.57. The fourth-order valence-corrected chi connectivity index (χ4v) is 2.20. The predicted molar refractivity (Wildman–Crippen MR) is 95.1 cm³/mol. The van der Waals surface area contributed by atoms with Gasteiger partial charge in [-0.3, -0.25) is 14.4 Å². The van der Waals surface area contributed by atoms with Crippen molar-refractivity contribution in [2.45, 2.75) is 19.3 Å². The van der Waals surface area contributed by atoms with Crippen molar-refractivity contribution in [1.82, 2.24) is 5.48 Å². The minimum absolute atomic E-state index is 0.242. The Morgan fingerprint density at radius 3 is 2.36 bits per heavy atom. The third kappa shape index (κ3) is 7.05. The van der Waals surface area contributed by atoms with E-state index in [1.54, 1.807) is 31.4 Å². The third-order valence-electron chi connectivity index (χ3n) is 3.48. The Morgan fingerprint density at radius 1 is 0.960 bits per heavy atom. The molecule has 0 heterocycles. The van der Waals surface area contributed by atoms with E-state index in [-0.39, 0.29) is 18.4 Å². The van der Waals surface area contributed by atoms with Gasteiger partial charge < -0.3 is 10.1 Å². The molecule has 0 aliphatic heterocycles. The van der Waals surface area contributed by atoms with Crippen molar-refractivity contribution in [2.75, 3.05) is 19.0 Å². The number of benzene rings is 2. The van der Waals surface area contributed by atoms with Crippen LogP contribution in [-0.4, -0.2) is 25.5 Å². The van der Waals surface area contributed by atoms with Crippen LogP contribution in [0.1, 0.15) is 18.4 Å². The summed E-state index contributed by atoms with van der Waals surface area (Å²) in [6.45, 7) is -0.254. The highest BCUT2D eigenvalue weighted by Crippen LogP contribution is 2.14. The molecular weight excluding hydrogens is 320 g/mol. The van der Waals surface area contributed by atoms with Crippen molar-refractivity contribution in [2.24, 2.45) is 0 Å². The second kappa shape index (κ2) is 10.1. The van der Waals surface area contributed by atoms with Crippen LogP contribution in [0, 0.1) is 0 Å². The summed E-state index contributed by atoms with van der Waals surface area (Å²) < 4.78 is 5.04. The van der Waals surface area contributed by atoms with E-state index in [4.69, 9.17) is 9.57 Å². The van der Waals surface area contributed by atoms with E-state index in [0.29, 0.717) is 17.9 Å². The number of hydrogen-bond donors (Lipinski definition) is 2. The van der Waals surface area contributed by atoms with Gasteiger partial charge in [-0.25, -0.2) is 5.48 Å². The Bertz CT molecular complexity index is 672. The van der Waals surface area contributed by atoms with Crippen molar-refractivity contribution < 1.29 is 19.2 Å². The Hall–Kier alpha value is -2.86. The molecule has 2 aromatic rings. The molecule has 0 aliphatic carbocycles. The fourth-order valence-electron chi connectivity index (χ4n) is 2.20. The van der Waals surface area contributed by atoms with E-state index in [2.05, 4.69) is 10.8 Å². The van der Waals surface area contributed by atoms with Gasteiger partial charge in [-0.05, 0) is 42.7 Å². The summed E-state index contributed by atoms with van der Waals surface area (Å²) in [6, 6.07) is 16.9. The molecule has 0 saturated carbocycles. The van der Waals surface area contributed by atoms with Crippen LogP contribution in [0.5, 0.6) is 5.75 Å². The number of carbonyl (C=O) groups is 2. The van der Waals surface area contributed by atoms with Gasteiger partial charge in [0.1, 0.15) is 5.75 Å². The Morgan fingerprint density at radius 2 is 1.68 bits per heavy atom. The first kappa shape index (κ1) is 18.5. The molecule has 0 fully saturated rings. The Labute approximate surface area is 147 Å². The van der Waals surface area contributed by atoms with Crippen molar-refractivity contribution in [3.63, 3.8) is 0 Å². The van der Waals surface area contributed by atoms with Crippen molar-refractivity contribution in [3.8, 4) is 5.75 Å². The molecule has 0 unspecified atom stereocenters.